The van der Waals surface area contributed by atoms with E-state index in [2.05, 4.69) is 51.7 Å². The summed E-state index contributed by atoms with van der Waals surface area (Å²) in [4.78, 5) is 3.56. The lowest BCUT2D eigenvalue weighted by Crippen LogP contribution is -1.89. The average molecular weight is 201 g/mol. The second kappa shape index (κ2) is 3.41. The van der Waals surface area contributed by atoms with Gasteiger partial charge in [0.25, 0.3) is 0 Å². The quantitative estimate of drug-likeness (QED) is 0.711. The molecule has 0 saturated carbocycles. The van der Waals surface area contributed by atoms with E-state index in [1.807, 2.05) is 0 Å². The summed E-state index contributed by atoms with van der Waals surface area (Å²) in [5, 5.41) is 1.39. The fourth-order valence-electron chi connectivity index (χ4n) is 2.38. The molecule has 0 fully saturated rings. The molecule has 1 N–H and O–H groups in total. The van der Waals surface area contributed by atoms with E-state index >= 15 is 0 Å². The number of benzene rings is 1. The Kier molecular flexibility index (Phi) is 2.34. The summed E-state index contributed by atoms with van der Waals surface area (Å²) >= 11 is 0. The molecule has 1 nitrogen and oxygen atoms in total. The number of aromatic amines is 1. The van der Waals surface area contributed by atoms with E-state index in [0.29, 0.717) is 5.92 Å². The molecule has 1 aromatic carbocycles. The van der Waals surface area contributed by atoms with E-state index in [1.54, 1.807) is 0 Å². The molecule has 0 amide bonds. The number of hydrogen-bond donors (Lipinski definition) is 1. The number of nitrogens with one attached hydrogen (secondary N) is 1. The summed E-state index contributed by atoms with van der Waals surface area (Å²) in [6, 6.07) is 4.52. The molecule has 0 aliphatic heterocycles. The van der Waals surface area contributed by atoms with Crippen LogP contribution >= 0.6 is 0 Å². The van der Waals surface area contributed by atoms with Crippen LogP contribution in [0.15, 0.2) is 12.1 Å². The van der Waals surface area contributed by atoms with E-state index in [9.17, 15) is 0 Å². The highest BCUT2D eigenvalue weighted by molar-refractivity contribution is 5.87. The molecular weight excluding hydrogens is 182 g/mol. The van der Waals surface area contributed by atoms with Crippen molar-refractivity contribution in [1.29, 1.82) is 0 Å². The van der Waals surface area contributed by atoms with E-state index in [0.717, 1.165) is 0 Å². The van der Waals surface area contributed by atoms with Crippen molar-refractivity contribution in [3.05, 3.63) is 34.5 Å². The molecule has 2 rings (SSSR count). The second-order valence-electron chi connectivity index (χ2n) is 4.82. The van der Waals surface area contributed by atoms with Crippen LogP contribution in [0, 0.1) is 20.8 Å². The first-order valence-corrected chi connectivity index (χ1v) is 5.60. The van der Waals surface area contributed by atoms with Crippen LogP contribution in [0.1, 0.15) is 42.1 Å². The molecule has 0 radical (unpaired) electrons. The Bertz CT molecular complexity index is 504. The molecule has 0 aliphatic carbocycles. The molecule has 15 heavy (non-hydrogen) atoms. The maximum absolute atomic E-state index is 3.56. The molecule has 0 aliphatic rings. The number of aryl methyl sites for hydroxylation is 3. The van der Waals surface area contributed by atoms with Crippen LogP contribution in [0.3, 0.4) is 0 Å². The van der Waals surface area contributed by atoms with Crippen LogP contribution in [0.25, 0.3) is 10.9 Å². The summed E-state index contributed by atoms with van der Waals surface area (Å²) in [7, 11) is 0. The van der Waals surface area contributed by atoms with Gasteiger partial charge in [-0.1, -0.05) is 25.5 Å². The monoisotopic (exact) mass is 201 g/mol. The van der Waals surface area contributed by atoms with Gasteiger partial charge in [-0.2, -0.15) is 0 Å². The van der Waals surface area contributed by atoms with Crippen LogP contribution in [0.4, 0.5) is 0 Å². The second-order valence-corrected chi connectivity index (χ2v) is 4.82. The summed E-state index contributed by atoms with van der Waals surface area (Å²) < 4.78 is 0. The number of rotatable bonds is 1. The Morgan fingerprint density at radius 2 is 1.73 bits per heavy atom. The molecule has 0 spiro atoms. The van der Waals surface area contributed by atoms with Crippen LogP contribution in [-0.4, -0.2) is 4.98 Å². The predicted molar refractivity (Wildman–Crippen MR) is 66.6 cm³/mol. The van der Waals surface area contributed by atoms with Crippen molar-refractivity contribution in [1.82, 2.24) is 4.98 Å². The highest BCUT2D eigenvalue weighted by Crippen LogP contribution is 2.29. The van der Waals surface area contributed by atoms with Crippen molar-refractivity contribution in [3.63, 3.8) is 0 Å². The van der Waals surface area contributed by atoms with Gasteiger partial charge in [0.2, 0.25) is 0 Å². The molecule has 0 unspecified atom stereocenters. The van der Waals surface area contributed by atoms with Gasteiger partial charge >= 0.3 is 0 Å². The topological polar surface area (TPSA) is 15.8 Å². The zero-order valence-electron chi connectivity index (χ0n) is 10.2. The van der Waals surface area contributed by atoms with Gasteiger partial charge < -0.3 is 4.98 Å². The first-order chi connectivity index (χ1) is 7.00. The lowest BCUT2D eigenvalue weighted by atomic mass is 10.0. The lowest BCUT2D eigenvalue weighted by molar-refractivity contribution is 0.827. The van der Waals surface area contributed by atoms with E-state index in [-0.39, 0.29) is 0 Å². The van der Waals surface area contributed by atoms with Crippen molar-refractivity contribution >= 4 is 10.9 Å². The van der Waals surface area contributed by atoms with E-state index in [4.69, 9.17) is 0 Å². The Hall–Kier alpha value is -1.24. The summed E-state index contributed by atoms with van der Waals surface area (Å²) in [6.45, 7) is 11.0. The van der Waals surface area contributed by atoms with Gasteiger partial charge in [-0.3, -0.25) is 0 Å². The summed E-state index contributed by atoms with van der Waals surface area (Å²) in [5.74, 6) is 0.567. The number of aromatic nitrogens is 1. The normalized spacial score (nSPS) is 11.6. The zero-order valence-corrected chi connectivity index (χ0v) is 10.2. The Labute approximate surface area is 91.5 Å². The summed E-state index contributed by atoms with van der Waals surface area (Å²) in [6.07, 6.45) is 0. The average Bonchev–Trinajstić information content (AvgIpc) is 2.44. The Morgan fingerprint density at radius 3 is 2.33 bits per heavy atom. The lowest BCUT2D eigenvalue weighted by Gasteiger charge is -2.02. The van der Waals surface area contributed by atoms with Crippen LogP contribution in [0.5, 0.6) is 0 Å². The minimum absolute atomic E-state index is 0.567. The Morgan fingerprint density at radius 1 is 1.07 bits per heavy atom. The first-order valence-electron chi connectivity index (χ1n) is 5.60. The van der Waals surface area contributed by atoms with Gasteiger partial charge in [0.15, 0.2) is 0 Å². The van der Waals surface area contributed by atoms with E-state index < -0.39 is 0 Å². The molecule has 0 saturated heterocycles. The molecule has 2 aromatic rings. The van der Waals surface area contributed by atoms with Gasteiger partial charge in [-0.15, -0.1) is 0 Å². The van der Waals surface area contributed by atoms with Gasteiger partial charge in [-0.25, -0.2) is 0 Å². The molecule has 0 atom stereocenters. The summed E-state index contributed by atoms with van der Waals surface area (Å²) in [5.41, 5.74) is 6.78. The van der Waals surface area contributed by atoms with Crippen LogP contribution in [0.2, 0.25) is 0 Å². The van der Waals surface area contributed by atoms with Crippen molar-refractivity contribution in [2.45, 2.75) is 40.5 Å². The van der Waals surface area contributed by atoms with Gasteiger partial charge in [0.05, 0.1) is 0 Å². The number of fused-ring (bicyclic) bond motifs is 1. The standard InChI is InChI=1S/C14H19N/c1-8(2)13-11(5)12-7-9(3)6-10(4)14(12)15-13/h6-8,15H,1-5H3. The predicted octanol–water partition coefficient (Wildman–Crippen LogP) is 4.22. The maximum Gasteiger partial charge on any atom is 0.0488 e. The third kappa shape index (κ3) is 1.56. The van der Waals surface area contributed by atoms with E-state index in [1.165, 1.54) is 33.3 Å². The SMILES string of the molecule is Cc1cc(C)c2[nH]c(C(C)C)c(C)c2c1. The molecule has 1 heteroatoms. The van der Waals surface area contributed by atoms with Crippen LogP contribution in [-0.2, 0) is 0 Å². The van der Waals surface area contributed by atoms with Crippen molar-refractivity contribution < 1.29 is 0 Å². The maximum atomic E-state index is 3.56. The minimum Gasteiger partial charge on any atom is -0.358 e. The molecular formula is C14H19N. The third-order valence-corrected chi connectivity index (χ3v) is 3.12. The third-order valence-electron chi connectivity index (χ3n) is 3.12. The van der Waals surface area contributed by atoms with Gasteiger partial charge in [0.1, 0.15) is 0 Å². The number of hydrogen-bond acceptors (Lipinski definition) is 0. The first kappa shape index (κ1) is 10.3. The fraction of sp³-hybridized carbons (Fsp3) is 0.429. The highest BCUT2D eigenvalue weighted by atomic mass is 14.7. The van der Waals surface area contributed by atoms with Gasteiger partial charge in [-0.05, 0) is 43.9 Å². The Balaban J connectivity index is 2.82. The van der Waals surface area contributed by atoms with Crippen molar-refractivity contribution in [2.75, 3.05) is 0 Å². The fourth-order valence-corrected chi connectivity index (χ4v) is 2.38. The highest BCUT2D eigenvalue weighted by Gasteiger charge is 2.11. The molecule has 80 valence electrons. The van der Waals surface area contributed by atoms with Crippen LogP contribution < -0.4 is 0 Å². The molecule has 1 heterocycles. The van der Waals surface area contributed by atoms with Crippen molar-refractivity contribution in [2.24, 2.45) is 0 Å². The molecule has 1 aromatic heterocycles. The minimum atomic E-state index is 0.567. The largest absolute Gasteiger partial charge is 0.358 e. The number of H-pyrrole nitrogens is 1. The van der Waals surface area contributed by atoms with Crippen molar-refractivity contribution in [3.8, 4) is 0 Å². The smallest absolute Gasteiger partial charge is 0.0488 e. The zero-order chi connectivity index (χ0) is 11.2. The molecule has 0 bridgehead atoms. The van der Waals surface area contributed by atoms with Gasteiger partial charge in [0, 0.05) is 16.6 Å².